The second kappa shape index (κ2) is 9.09. The Balaban J connectivity index is 1.47. The number of carbonyl (C=O) groups excluding carboxylic acids is 1. The van der Waals surface area contributed by atoms with Crippen molar-refractivity contribution in [2.24, 2.45) is 5.92 Å². The van der Waals surface area contributed by atoms with Gasteiger partial charge in [-0.25, -0.2) is 4.39 Å². The molecule has 0 unspecified atom stereocenters. The molecule has 0 radical (unpaired) electrons. The number of halogens is 1. The summed E-state index contributed by atoms with van der Waals surface area (Å²) >= 11 is 0. The highest BCUT2D eigenvalue weighted by molar-refractivity contribution is 5.80. The van der Waals surface area contributed by atoms with Gasteiger partial charge in [0.05, 0.1) is 25.1 Å². The largest absolute Gasteiger partial charge is 0.394 e. The highest BCUT2D eigenvalue weighted by Crippen LogP contribution is 2.46. The lowest BCUT2D eigenvalue weighted by atomic mass is 9.82. The molecule has 3 aromatic carbocycles. The van der Waals surface area contributed by atoms with Crippen LogP contribution in [0.15, 0.2) is 72.8 Å². The minimum Gasteiger partial charge on any atom is -0.394 e. The molecule has 3 atom stereocenters. The monoisotopic (exact) mass is 440 g/mol. The van der Waals surface area contributed by atoms with E-state index in [0.717, 1.165) is 28.8 Å². The summed E-state index contributed by atoms with van der Waals surface area (Å²) in [5.74, 6) is 6.07. The van der Waals surface area contributed by atoms with Gasteiger partial charge in [-0.1, -0.05) is 48.2 Å². The zero-order chi connectivity index (χ0) is 22.8. The summed E-state index contributed by atoms with van der Waals surface area (Å²) in [6.45, 7) is 0.681. The number of rotatable bonds is 3. The molecule has 0 aliphatic carbocycles. The van der Waals surface area contributed by atoms with Crippen LogP contribution >= 0.6 is 0 Å². The molecular formula is C28H25FN2O2. The van der Waals surface area contributed by atoms with Gasteiger partial charge in [0.2, 0.25) is 5.91 Å². The summed E-state index contributed by atoms with van der Waals surface area (Å²) < 4.78 is 13.5. The third-order valence-electron chi connectivity index (χ3n) is 6.56. The quantitative estimate of drug-likeness (QED) is 0.602. The van der Waals surface area contributed by atoms with Gasteiger partial charge in [0, 0.05) is 29.3 Å². The average molecular weight is 441 g/mol. The zero-order valence-corrected chi connectivity index (χ0v) is 18.2. The van der Waals surface area contributed by atoms with Crippen molar-refractivity contribution in [1.29, 1.82) is 0 Å². The van der Waals surface area contributed by atoms with Gasteiger partial charge in [0.1, 0.15) is 5.82 Å². The lowest BCUT2D eigenvalue weighted by Crippen LogP contribution is -2.43. The van der Waals surface area contributed by atoms with E-state index in [0.29, 0.717) is 18.5 Å². The third-order valence-corrected chi connectivity index (χ3v) is 6.56. The maximum atomic E-state index is 13.5. The van der Waals surface area contributed by atoms with E-state index >= 15 is 0 Å². The lowest BCUT2D eigenvalue weighted by Gasteiger charge is -2.39. The van der Waals surface area contributed by atoms with Gasteiger partial charge in [0.15, 0.2) is 0 Å². The minimum atomic E-state index is -0.312. The number of likely N-dealkylation sites (tertiary alicyclic amines) is 1. The number of anilines is 1. The van der Waals surface area contributed by atoms with Crippen LogP contribution < -0.4 is 5.32 Å². The molecule has 4 nitrogen and oxygen atoms in total. The summed E-state index contributed by atoms with van der Waals surface area (Å²) in [5, 5.41) is 13.4. The van der Waals surface area contributed by atoms with E-state index in [-0.39, 0.29) is 36.3 Å². The molecule has 2 heterocycles. The Morgan fingerprint density at radius 2 is 1.82 bits per heavy atom. The number of hydrogen-bond acceptors (Lipinski definition) is 3. The van der Waals surface area contributed by atoms with E-state index < -0.39 is 0 Å². The molecule has 33 heavy (non-hydrogen) atoms. The van der Waals surface area contributed by atoms with Crippen molar-refractivity contribution in [1.82, 2.24) is 4.90 Å². The number of amides is 1. The number of fused-ring (bicyclic) bond motifs is 3. The fourth-order valence-corrected chi connectivity index (χ4v) is 5.00. The standard InChI is InChI=1S/C28H25FN2O2/c29-22-8-4-7-20(15-22)9-10-21-11-12-25-24(16-21)28-23(26(18-32)30-25)13-14-31(28)27(33)17-19-5-2-1-3-6-19/h1-8,11-12,15-16,23,26,28,30,32H,13-14,17-18H2/t23-,26-,28-/m0/s1. The fourth-order valence-electron chi connectivity index (χ4n) is 5.00. The van der Waals surface area contributed by atoms with Crippen LogP contribution in [-0.4, -0.2) is 35.1 Å². The summed E-state index contributed by atoms with van der Waals surface area (Å²) in [6, 6.07) is 21.7. The molecule has 1 saturated heterocycles. The Morgan fingerprint density at radius 3 is 2.58 bits per heavy atom. The first-order chi connectivity index (χ1) is 16.1. The SMILES string of the molecule is O=C(Cc1ccccc1)N1CC[C@H]2[C@H](CO)Nc3ccc(C#Cc4cccc(F)c4)cc3[C@H]21. The first kappa shape index (κ1) is 21.2. The van der Waals surface area contributed by atoms with Crippen molar-refractivity contribution < 1.29 is 14.3 Å². The predicted octanol–water partition coefficient (Wildman–Crippen LogP) is 4.14. The first-order valence-electron chi connectivity index (χ1n) is 11.2. The molecule has 1 amide bonds. The van der Waals surface area contributed by atoms with Crippen molar-refractivity contribution in [2.45, 2.75) is 24.9 Å². The molecule has 0 aromatic heterocycles. The number of nitrogens with zero attached hydrogens (tertiary/aromatic N) is 1. The Morgan fingerprint density at radius 1 is 1.03 bits per heavy atom. The van der Waals surface area contributed by atoms with Crippen molar-refractivity contribution in [3.05, 3.63) is 101 Å². The molecule has 5 heteroatoms. The Labute approximate surface area is 193 Å². The van der Waals surface area contributed by atoms with E-state index in [4.69, 9.17) is 0 Å². The van der Waals surface area contributed by atoms with Crippen molar-refractivity contribution in [2.75, 3.05) is 18.5 Å². The third kappa shape index (κ3) is 4.35. The van der Waals surface area contributed by atoms with E-state index in [1.165, 1.54) is 12.1 Å². The molecular weight excluding hydrogens is 415 g/mol. The van der Waals surface area contributed by atoms with Crippen LogP contribution in [0.3, 0.4) is 0 Å². The number of benzene rings is 3. The van der Waals surface area contributed by atoms with Gasteiger partial charge in [-0.3, -0.25) is 4.79 Å². The highest BCUT2D eigenvalue weighted by Gasteiger charge is 2.45. The molecule has 0 bridgehead atoms. The van der Waals surface area contributed by atoms with Gasteiger partial charge in [-0.15, -0.1) is 0 Å². The van der Waals surface area contributed by atoms with Crippen LogP contribution in [0.5, 0.6) is 0 Å². The van der Waals surface area contributed by atoms with Crippen LogP contribution in [0.2, 0.25) is 0 Å². The second-order valence-corrected chi connectivity index (χ2v) is 8.64. The highest BCUT2D eigenvalue weighted by atomic mass is 19.1. The van der Waals surface area contributed by atoms with Crippen molar-refractivity contribution in [3.8, 4) is 11.8 Å². The van der Waals surface area contributed by atoms with Crippen LogP contribution in [0.4, 0.5) is 10.1 Å². The molecule has 0 saturated carbocycles. The summed E-state index contributed by atoms with van der Waals surface area (Å²) in [5.41, 5.74) is 4.36. The van der Waals surface area contributed by atoms with Crippen molar-refractivity contribution >= 4 is 11.6 Å². The molecule has 5 rings (SSSR count). The smallest absolute Gasteiger partial charge is 0.227 e. The Hall–Kier alpha value is -3.62. The minimum absolute atomic E-state index is 0.0163. The molecule has 3 aromatic rings. The van der Waals surface area contributed by atoms with Crippen molar-refractivity contribution in [3.63, 3.8) is 0 Å². The predicted molar refractivity (Wildman–Crippen MR) is 126 cm³/mol. The molecule has 2 N–H and O–H groups in total. The van der Waals surface area contributed by atoms with Gasteiger partial charge < -0.3 is 15.3 Å². The summed E-state index contributed by atoms with van der Waals surface area (Å²) in [7, 11) is 0. The zero-order valence-electron chi connectivity index (χ0n) is 18.2. The van der Waals surface area contributed by atoms with E-state index in [2.05, 4.69) is 17.2 Å². The number of nitrogens with one attached hydrogen (secondary N) is 1. The van der Waals surface area contributed by atoms with Crippen LogP contribution in [0.1, 0.15) is 34.7 Å². The fraction of sp³-hybridized carbons (Fsp3) is 0.250. The lowest BCUT2D eigenvalue weighted by molar-refractivity contribution is -0.131. The number of aliphatic hydroxyl groups is 1. The molecule has 0 spiro atoms. The number of aliphatic hydroxyl groups excluding tert-OH is 1. The van der Waals surface area contributed by atoms with E-state index in [1.807, 2.05) is 53.4 Å². The van der Waals surface area contributed by atoms with Gasteiger partial charge in [-0.05, 0) is 53.9 Å². The average Bonchev–Trinajstić information content (AvgIpc) is 3.29. The Kier molecular flexibility index (Phi) is 5.85. The molecule has 1 fully saturated rings. The summed E-state index contributed by atoms with van der Waals surface area (Å²) in [4.78, 5) is 15.2. The second-order valence-electron chi connectivity index (χ2n) is 8.64. The molecule has 2 aliphatic rings. The number of hydrogen-bond donors (Lipinski definition) is 2. The molecule has 2 aliphatic heterocycles. The summed E-state index contributed by atoms with van der Waals surface area (Å²) in [6.07, 6.45) is 1.19. The normalized spacial score (nSPS) is 20.8. The van der Waals surface area contributed by atoms with Crippen LogP contribution in [0.25, 0.3) is 0 Å². The van der Waals surface area contributed by atoms with E-state index in [9.17, 15) is 14.3 Å². The van der Waals surface area contributed by atoms with Crippen LogP contribution in [0, 0.1) is 23.6 Å². The van der Waals surface area contributed by atoms with Gasteiger partial charge >= 0.3 is 0 Å². The first-order valence-corrected chi connectivity index (χ1v) is 11.2. The number of carbonyl (C=O) groups is 1. The maximum absolute atomic E-state index is 13.5. The Bertz CT molecular complexity index is 1230. The van der Waals surface area contributed by atoms with Crippen LogP contribution in [-0.2, 0) is 11.2 Å². The topological polar surface area (TPSA) is 52.6 Å². The van der Waals surface area contributed by atoms with Gasteiger partial charge in [0.25, 0.3) is 0 Å². The molecule has 166 valence electrons. The van der Waals surface area contributed by atoms with E-state index in [1.54, 1.807) is 12.1 Å². The van der Waals surface area contributed by atoms with Gasteiger partial charge in [-0.2, -0.15) is 0 Å². The maximum Gasteiger partial charge on any atom is 0.227 e.